The van der Waals surface area contributed by atoms with E-state index in [1.54, 1.807) is 30.3 Å². The number of esters is 1. The molecule has 0 aliphatic rings. The van der Waals surface area contributed by atoms with E-state index in [1.807, 2.05) is 6.92 Å². The Hall–Kier alpha value is -2.57. The minimum Gasteiger partial charge on any atom is -0.437 e. The fourth-order valence-corrected chi connectivity index (χ4v) is 3.43. The Morgan fingerprint density at radius 2 is 1.68 bits per heavy atom. The molecule has 7 heteroatoms. The first-order valence-corrected chi connectivity index (χ1v) is 9.12. The lowest BCUT2D eigenvalue weighted by atomic mass is 10.2. The van der Waals surface area contributed by atoms with Crippen LogP contribution in [-0.4, -0.2) is 14.4 Å². The highest BCUT2D eigenvalue weighted by atomic mass is 35.5. The van der Waals surface area contributed by atoms with E-state index in [2.05, 4.69) is 0 Å². The van der Waals surface area contributed by atoms with Crippen LogP contribution < -0.4 is 4.74 Å². The molecule has 128 valence electrons. The van der Waals surface area contributed by atoms with Gasteiger partial charge < -0.3 is 9.15 Å². The largest absolute Gasteiger partial charge is 0.437 e. The van der Waals surface area contributed by atoms with Crippen LogP contribution in [0.3, 0.4) is 0 Å². The van der Waals surface area contributed by atoms with Crippen LogP contribution in [0.5, 0.6) is 5.75 Å². The van der Waals surface area contributed by atoms with Gasteiger partial charge in [0.05, 0.1) is 9.92 Å². The van der Waals surface area contributed by atoms with Gasteiger partial charge in [0, 0.05) is 0 Å². The fraction of sp³-hybridized carbons (Fsp3) is 0.0556. The number of aryl methyl sites for hydroxylation is 1. The Morgan fingerprint density at radius 3 is 2.36 bits per heavy atom. The molecular weight excluding hydrogens is 364 g/mol. The summed E-state index contributed by atoms with van der Waals surface area (Å²) in [5.41, 5.74) is 0.933. The van der Waals surface area contributed by atoms with Crippen molar-refractivity contribution in [3.8, 4) is 5.75 Å². The summed E-state index contributed by atoms with van der Waals surface area (Å²) in [6, 6.07) is 15.2. The van der Waals surface area contributed by atoms with Gasteiger partial charge in [0.25, 0.3) is 0 Å². The summed E-state index contributed by atoms with van der Waals surface area (Å²) < 4.78 is 35.4. The van der Waals surface area contributed by atoms with Gasteiger partial charge in [-0.3, -0.25) is 0 Å². The summed E-state index contributed by atoms with van der Waals surface area (Å²) in [5, 5.41) is -0.0719. The van der Waals surface area contributed by atoms with Crippen molar-refractivity contribution in [1.29, 1.82) is 0 Å². The third kappa shape index (κ3) is 3.60. The first-order valence-electron chi connectivity index (χ1n) is 7.26. The van der Waals surface area contributed by atoms with Crippen LogP contribution in [0.25, 0.3) is 0 Å². The molecule has 1 heterocycles. The van der Waals surface area contributed by atoms with Crippen molar-refractivity contribution < 1.29 is 22.4 Å². The van der Waals surface area contributed by atoms with E-state index in [0.29, 0.717) is 0 Å². The van der Waals surface area contributed by atoms with E-state index in [0.717, 1.165) is 5.56 Å². The van der Waals surface area contributed by atoms with Crippen molar-refractivity contribution in [1.82, 2.24) is 0 Å². The van der Waals surface area contributed by atoms with E-state index < -0.39 is 15.8 Å². The predicted octanol–water partition coefficient (Wildman–Crippen LogP) is 4.29. The molecule has 0 amide bonds. The monoisotopic (exact) mass is 376 g/mol. The molecule has 5 nitrogen and oxygen atoms in total. The Morgan fingerprint density at radius 1 is 1.00 bits per heavy atom. The molecule has 1 aromatic heterocycles. The fourth-order valence-electron chi connectivity index (χ4n) is 2.09. The Labute approximate surface area is 149 Å². The summed E-state index contributed by atoms with van der Waals surface area (Å²) in [6.45, 7) is 1.85. The van der Waals surface area contributed by atoms with Gasteiger partial charge in [-0.25, -0.2) is 13.2 Å². The Bertz CT molecular complexity index is 1020. The summed E-state index contributed by atoms with van der Waals surface area (Å²) in [6.07, 6.45) is 0. The summed E-state index contributed by atoms with van der Waals surface area (Å²) in [7, 11) is -3.85. The van der Waals surface area contributed by atoms with Gasteiger partial charge in [-0.1, -0.05) is 41.4 Å². The van der Waals surface area contributed by atoms with E-state index in [-0.39, 0.29) is 26.5 Å². The Kier molecular flexibility index (Phi) is 4.65. The molecule has 0 fully saturated rings. The molecule has 0 saturated carbocycles. The van der Waals surface area contributed by atoms with Crippen LogP contribution >= 0.6 is 11.6 Å². The van der Waals surface area contributed by atoms with E-state index in [1.165, 1.54) is 30.3 Å². The summed E-state index contributed by atoms with van der Waals surface area (Å²) >= 11 is 5.92. The van der Waals surface area contributed by atoms with Crippen LogP contribution in [0.4, 0.5) is 0 Å². The average molecular weight is 377 g/mol. The highest BCUT2D eigenvalue weighted by molar-refractivity contribution is 7.91. The van der Waals surface area contributed by atoms with Crippen molar-refractivity contribution in [2.24, 2.45) is 0 Å². The van der Waals surface area contributed by atoms with Crippen LogP contribution in [0.2, 0.25) is 5.02 Å². The highest BCUT2D eigenvalue weighted by Crippen LogP contribution is 2.26. The normalized spacial score (nSPS) is 11.3. The number of rotatable bonds is 4. The zero-order chi connectivity index (χ0) is 18.0. The lowest BCUT2D eigenvalue weighted by Gasteiger charge is -2.04. The molecule has 0 N–H and O–H groups in total. The smallest absolute Gasteiger partial charge is 0.379 e. The van der Waals surface area contributed by atoms with Gasteiger partial charge in [0.15, 0.2) is 0 Å². The number of sulfone groups is 1. The number of benzene rings is 2. The quantitative estimate of drug-likeness (QED) is 0.501. The number of carbonyl (C=O) groups excluding carboxylic acids is 1. The van der Waals surface area contributed by atoms with Gasteiger partial charge >= 0.3 is 5.97 Å². The minimum atomic E-state index is -3.85. The topological polar surface area (TPSA) is 73.6 Å². The molecular formula is C18H13ClO5S. The van der Waals surface area contributed by atoms with Crippen molar-refractivity contribution in [3.05, 3.63) is 77.0 Å². The second-order valence-electron chi connectivity index (χ2n) is 5.26. The second kappa shape index (κ2) is 6.74. The molecule has 3 aromatic rings. The van der Waals surface area contributed by atoms with Gasteiger partial charge in [-0.05, 0) is 43.3 Å². The SMILES string of the molecule is Cc1ccc(S(=O)(=O)c2ccc(C(=O)Oc3ccccc3Cl)o2)cc1. The van der Waals surface area contributed by atoms with Crippen molar-refractivity contribution >= 4 is 27.4 Å². The lowest BCUT2D eigenvalue weighted by Crippen LogP contribution is -2.07. The Balaban J connectivity index is 1.85. The first kappa shape index (κ1) is 17.3. The maximum absolute atomic E-state index is 12.5. The zero-order valence-electron chi connectivity index (χ0n) is 13.1. The molecule has 0 radical (unpaired) electrons. The molecule has 2 aromatic carbocycles. The number of ether oxygens (including phenoxy) is 1. The van der Waals surface area contributed by atoms with Crippen LogP contribution in [-0.2, 0) is 9.84 Å². The first-order chi connectivity index (χ1) is 11.9. The van der Waals surface area contributed by atoms with Crippen LogP contribution in [0.15, 0.2) is 75.1 Å². The summed E-state index contributed by atoms with van der Waals surface area (Å²) in [5.74, 6) is -0.905. The van der Waals surface area contributed by atoms with Gasteiger partial charge in [0.2, 0.25) is 20.7 Å². The second-order valence-corrected chi connectivity index (χ2v) is 7.54. The van der Waals surface area contributed by atoms with E-state index in [4.69, 9.17) is 20.8 Å². The van der Waals surface area contributed by atoms with Gasteiger partial charge in [0.1, 0.15) is 5.75 Å². The molecule has 3 rings (SSSR count). The average Bonchev–Trinajstić information content (AvgIpc) is 3.08. The molecule has 0 spiro atoms. The zero-order valence-corrected chi connectivity index (χ0v) is 14.7. The van der Waals surface area contributed by atoms with Crippen molar-refractivity contribution in [3.63, 3.8) is 0 Å². The maximum atomic E-state index is 12.5. The number of hydrogen-bond acceptors (Lipinski definition) is 5. The van der Waals surface area contributed by atoms with Crippen LogP contribution in [0.1, 0.15) is 16.1 Å². The van der Waals surface area contributed by atoms with E-state index in [9.17, 15) is 13.2 Å². The van der Waals surface area contributed by atoms with Crippen molar-refractivity contribution in [2.45, 2.75) is 16.9 Å². The number of halogens is 1. The summed E-state index contributed by atoms with van der Waals surface area (Å²) in [4.78, 5) is 12.2. The van der Waals surface area contributed by atoms with E-state index >= 15 is 0 Å². The molecule has 0 saturated heterocycles. The molecule has 0 atom stereocenters. The molecule has 0 unspecified atom stereocenters. The van der Waals surface area contributed by atoms with Crippen LogP contribution in [0, 0.1) is 6.92 Å². The van der Waals surface area contributed by atoms with Gasteiger partial charge in [-0.2, -0.15) is 0 Å². The highest BCUT2D eigenvalue weighted by Gasteiger charge is 2.24. The number of furan rings is 1. The molecule has 0 aliphatic heterocycles. The maximum Gasteiger partial charge on any atom is 0.379 e. The predicted molar refractivity (Wildman–Crippen MR) is 91.7 cm³/mol. The third-order valence-corrected chi connectivity index (χ3v) is 5.37. The molecule has 25 heavy (non-hydrogen) atoms. The molecule has 0 bridgehead atoms. The molecule has 0 aliphatic carbocycles. The number of carbonyl (C=O) groups is 1. The number of para-hydroxylation sites is 1. The standard InChI is InChI=1S/C18H13ClO5S/c1-12-6-8-13(9-7-12)25(21,22)17-11-10-16(23-17)18(20)24-15-5-3-2-4-14(15)19/h2-11H,1H3. The third-order valence-electron chi connectivity index (χ3n) is 3.42. The minimum absolute atomic E-state index is 0.0819. The lowest BCUT2D eigenvalue weighted by molar-refractivity contribution is 0.0695. The van der Waals surface area contributed by atoms with Crippen molar-refractivity contribution in [2.75, 3.05) is 0 Å². The number of hydrogen-bond donors (Lipinski definition) is 0. The van der Waals surface area contributed by atoms with Gasteiger partial charge in [-0.15, -0.1) is 0 Å².